The Bertz CT molecular complexity index is 863. The average molecular weight is 324 g/mol. The number of carbonyl (C=O) groups is 2. The molecule has 1 heterocycles. The highest BCUT2D eigenvalue weighted by atomic mass is 16.6. The predicted octanol–water partition coefficient (Wildman–Crippen LogP) is 1.06. The predicted molar refractivity (Wildman–Crippen MR) is 75.0 cm³/mol. The smallest absolute Gasteiger partial charge is 0.310 e. The SMILES string of the molecule is COc1c(O)c(OC(C)=O)c(O)c2c(=O)cc(OC(C)=O)oc12. The Labute approximate surface area is 128 Å². The molecule has 0 aliphatic carbocycles. The van der Waals surface area contributed by atoms with Crippen molar-refractivity contribution in [1.29, 1.82) is 0 Å². The summed E-state index contributed by atoms with van der Waals surface area (Å²) in [5, 5.41) is 19.7. The highest BCUT2D eigenvalue weighted by molar-refractivity contribution is 5.95. The maximum atomic E-state index is 12.1. The van der Waals surface area contributed by atoms with Gasteiger partial charge in [-0.15, -0.1) is 0 Å². The summed E-state index contributed by atoms with van der Waals surface area (Å²) in [6, 6.07) is 0.817. The van der Waals surface area contributed by atoms with E-state index in [1.807, 2.05) is 0 Å². The Morgan fingerprint density at radius 3 is 2.17 bits per heavy atom. The van der Waals surface area contributed by atoms with Gasteiger partial charge in [0, 0.05) is 13.8 Å². The van der Waals surface area contributed by atoms with Crippen LogP contribution < -0.4 is 19.6 Å². The number of rotatable bonds is 3. The molecule has 122 valence electrons. The van der Waals surface area contributed by atoms with Crippen molar-refractivity contribution < 1.29 is 38.4 Å². The first-order valence-electron chi connectivity index (χ1n) is 6.22. The molecule has 0 saturated heterocycles. The van der Waals surface area contributed by atoms with E-state index in [1.54, 1.807) is 0 Å². The Kier molecular flexibility index (Phi) is 4.12. The first-order chi connectivity index (χ1) is 10.8. The number of hydrogen-bond acceptors (Lipinski definition) is 9. The van der Waals surface area contributed by atoms with Gasteiger partial charge in [-0.3, -0.25) is 14.4 Å². The largest absolute Gasteiger partial charge is 0.504 e. The number of phenols is 2. The van der Waals surface area contributed by atoms with Gasteiger partial charge >= 0.3 is 11.9 Å². The lowest BCUT2D eigenvalue weighted by atomic mass is 10.1. The minimum Gasteiger partial charge on any atom is -0.504 e. The zero-order valence-electron chi connectivity index (χ0n) is 12.3. The molecule has 2 aromatic rings. The Morgan fingerprint density at radius 1 is 1.04 bits per heavy atom. The fourth-order valence-corrected chi connectivity index (χ4v) is 1.91. The Balaban J connectivity index is 2.88. The zero-order chi connectivity index (χ0) is 17.3. The molecular formula is C14H12O9. The van der Waals surface area contributed by atoms with Gasteiger partial charge in [0.15, 0.2) is 11.3 Å². The highest BCUT2D eigenvalue weighted by Gasteiger charge is 2.26. The van der Waals surface area contributed by atoms with Gasteiger partial charge in [-0.1, -0.05) is 0 Å². The van der Waals surface area contributed by atoms with Crippen LogP contribution in [0.3, 0.4) is 0 Å². The lowest BCUT2D eigenvalue weighted by Gasteiger charge is -2.13. The summed E-state index contributed by atoms with van der Waals surface area (Å²) in [4.78, 5) is 34.2. The first kappa shape index (κ1) is 16.1. The molecule has 0 spiro atoms. The first-order valence-corrected chi connectivity index (χ1v) is 6.22. The van der Waals surface area contributed by atoms with E-state index in [0.717, 1.165) is 27.0 Å². The number of methoxy groups -OCH3 is 1. The van der Waals surface area contributed by atoms with Crippen LogP contribution in [0.2, 0.25) is 0 Å². The quantitative estimate of drug-likeness (QED) is 0.628. The minimum absolute atomic E-state index is 0.373. The Hall–Kier alpha value is -3.23. The van der Waals surface area contributed by atoms with Gasteiger partial charge in [-0.2, -0.15) is 0 Å². The van der Waals surface area contributed by atoms with Gasteiger partial charge in [0.1, 0.15) is 5.39 Å². The van der Waals surface area contributed by atoms with E-state index >= 15 is 0 Å². The number of esters is 2. The molecule has 2 N–H and O–H groups in total. The fraction of sp³-hybridized carbons (Fsp3) is 0.214. The fourth-order valence-electron chi connectivity index (χ4n) is 1.91. The van der Waals surface area contributed by atoms with Crippen LogP contribution in [0.5, 0.6) is 28.9 Å². The lowest BCUT2D eigenvalue weighted by Crippen LogP contribution is -2.08. The number of carbonyl (C=O) groups excluding carboxylic acids is 2. The highest BCUT2D eigenvalue weighted by Crippen LogP contribution is 2.49. The minimum atomic E-state index is -0.835. The molecule has 0 atom stereocenters. The molecule has 0 bridgehead atoms. The summed E-state index contributed by atoms with van der Waals surface area (Å²) in [5.74, 6) is -4.61. The van der Waals surface area contributed by atoms with E-state index in [9.17, 15) is 24.6 Å². The van der Waals surface area contributed by atoms with Crippen LogP contribution in [0.4, 0.5) is 0 Å². The van der Waals surface area contributed by atoms with E-state index < -0.39 is 45.9 Å². The molecule has 9 heteroatoms. The normalized spacial score (nSPS) is 10.4. The summed E-state index contributed by atoms with van der Waals surface area (Å²) in [6.07, 6.45) is 0. The summed E-state index contributed by atoms with van der Waals surface area (Å²) in [7, 11) is 1.15. The van der Waals surface area contributed by atoms with Crippen LogP contribution in [0.1, 0.15) is 13.8 Å². The standard InChI is InChI=1S/C14H12O9/c1-5(15)21-8-4-7(17)9-10(18)13(22-6(2)16)11(19)14(20-3)12(9)23-8/h4,18-19H,1-3H3. The molecule has 0 aliphatic heterocycles. The monoisotopic (exact) mass is 324 g/mol. The third-order valence-corrected chi connectivity index (χ3v) is 2.71. The molecule has 1 aromatic heterocycles. The van der Waals surface area contributed by atoms with Crippen molar-refractivity contribution in [3.63, 3.8) is 0 Å². The maximum absolute atomic E-state index is 12.1. The summed E-state index contributed by atoms with van der Waals surface area (Å²) in [5.41, 5.74) is -1.17. The topological polar surface area (TPSA) is 132 Å². The molecule has 0 unspecified atom stereocenters. The second-order valence-corrected chi connectivity index (χ2v) is 4.38. The van der Waals surface area contributed by atoms with Gasteiger partial charge in [0.25, 0.3) is 5.95 Å². The van der Waals surface area contributed by atoms with E-state index in [-0.39, 0.29) is 11.3 Å². The van der Waals surface area contributed by atoms with Crippen LogP contribution in [-0.4, -0.2) is 29.3 Å². The maximum Gasteiger partial charge on any atom is 0.310 e. The van der Waals surface area contributed by atoms with Crippen LogP contribution in [0.25, 0.3) is 11.0 Å². The van der Waals surface area contributed by atoms with Gasteiger partial charge < -0.3 is 28.8 Å². The molecule has 0 fully saturated rings. The average Bonchev–Trinajstić information content (AvgIpc) is 2.42. The van der Waals surface area contributed by atoms with Crippen LogP contribution >= 0.6 is 0 Å². The second-order valence-electron chi connectivity index (χ2n) is 4.38. The lowest BCUT2D eigenvalue weighted by molar-refractivity contribution is -0.133. The number of ether oxygens (including phenoxy) is 3. The molecule has 0 amide bonds. The van der Waals surface area contributed by atoms with Gasteiger partial charge in [-0.25, -0.2) is 0 Å². The third-order valence-electron chi connectivity index (χ3n) is 2.71. The van der Waals surface area contributed by atoms with Crippen LogP contribution in [-0.2, 0) is 9.59 Å². The van der Waals surface area contributed by atoms with Crippen molar-refractivity contribution in [3.8, 4) is 28.9 Å². The van der Waals surface area contributed by atoms with Gasteiger partial charge in [0.05, 0.1) is 13.2 Å². The summed E-state index contributed by atoms with van der Waals surface area (Å²) >= 11 is 0. The number of hydrogen-bond donors (Lipinski definition) is 2. The van der Waals surface area contributed by atoms with Crippen LogP contribution in [0.15, 0.2) is 15.3 Å². The zero-order valence-corrected chi connectivity index (χ0v) is 12.3. The van der Waals surface area contributed by atoms with Crippen molar-refractivity contribution in [2.45, 2.75) is 13.8 Å². The molecule has 0 radical (unpaired) electrons. The number of fused-ring (bicyclic) bond motifs is 1. The molecule has 9 nitrogen and oxygen atoms in total. The number of phenolic OH excluding ortho intramolecular Hbond substituents is 2. The van der Waals surface area contributed by atoms with E-state index in [2.05, 4.69) is 4.74 Å². The summed E-state index contributed by atoms with van der Waals surface area (Å²) in [6.45, 7) is 2.14. The van der Waals surface area contributed by atoms with Crippen molar-refractivity contribution in [2.75, 3.05) is 7.11 Å². The molecule has 2 rings (SSSR count). The Morgan fingerprint density at radius 2 is 1.65 bits per heavy atom. The molecule has 1 aromatic carbocycles. The molecule has 0 aliphatic rings. The summed E-state index contributed by atoms with van der Waals surface area (Å²) < 4.78 is 19.5. The number of benzene rings is 1. The van der Waals surface area contributed by atoms with Crippen molar-refractivity contribution >= 4 is 22.9 Å². The van der Waals surface area contributed by atoms with Crippen molar-refractivity contribution in [2.24, 2.45) is 0 Å². The van der Waals surface area contributed by atoms with Gasteiger partial charge in [-0.05, 0) is 0 Å². The van der Waals surface area contributed by atoms with E-state index in [1.165, 1.54) is 0 Å². The molecule has 23 heavy (non-hydrogen) atoms. The van der Waals surface area contributed by atoms with Crippen molar-refractivity contribution in [1.82, 2.24) is 0 Å². The molecule has 0 saturated carbocycles. The van der Waals surface area contributed by atoms with Crippen molar-refractivity contribution in [3.05, 3.63) is 16.3 Å². The third kappa shape index (κ3) is 2.89. The van der Waals surface area contributed by atoms with Gasteiger partial charge in [0.2, 0.25) is 22.7 Å². The molecular weight excluding hydrogens is 312 g/mol. The second kappa shape index (κ2) is 5.87. The van der Waals surface area contributed by atoms with Crippen LogP contribution in [0, 0.1) is 0 Å². The number of aromatic hydroxyl groups is 2. The van der Waals surface area contributed by atoms with E-state index in [4.69, 9.17) is 13.9 Å². The van der Waals surface area contributed by atoms with E-state index in [0.29, 0.717) is 0 Å².